The Bertz CT molecular complexity index is 374. The Labute approximate surface area is 81.0 Å². The molecule has 3 N–H and O–H groups in total. The first-order valence-electron chi connectivity index (χ1n) is 4.54. The molecule has 0 aliphatic heterocycles. The van der Waals surface area contributed by atoms with Crippen LogP contribution in [0.1, 0.15) is 41.2 Å². The number of carboxylic acid groups (broad SMARTS) is 1. The number of nitrogens with zero attached hydrogens (tertiary/aromatic N) is 2. The molecule has 0 amide bonds. The summed E-state index contributed by atoms with van der Waals surface area (Å²) in [5.74, 6) is -0.701. The molecule has 0 spiro atoms. The monoisotopic (exact) mass is 193 g/mol. The van der Waals surface area contributed by atoms with Crippen molar-refractivity contribution in [1.82, 2.24) is 9.97 Å². The van der Waals surface area contributed by atoms with E-state index in [1.807, 2.05) is 0 Å². The highest BCUT2D eigenvalue weighted by Crippen LogP contribution is 2.37. The molecule has 0 radical (unpaired) electrons. The molecule has 74 valence electrons. The highest BCUT2D eigenvalue weighted by Gasteiger charge is 2.26. The number of aromatic nitrogens is 2. The third kappa shape index (κ3) is 1.41. The zero-order valence-corrected chi connectivity index (χ0v) is 7.60. The van der Waals surface area contributed by atoms with Gasteiger partial charge >= 0.3 is 5.97 Å². The van der Waals surface area contributed by atoms with Crippen LogP contribution in [0.2, 0.25) is 0 Å². The fourth-order valence-electron chi connectivity index (χ4n) is 1.59. The summed E-state index contributed by atoms with van der Waals surface area (Å²) < 4.78 is 0. The van der Waals surface area contributed by atoms with Crippen LogP contribution < -0.4 is 5.73 Å². The van der Waals surface area contributed by atoms with Gasteiger partial charge in [0.15, 0.2) is 5.69 Å². The zero-order valence-electron chi connectivity index (χ0n) is 7.60. The molecule has 0 aromatic carbocycles. The molecular weight excluding hydrogens is 182 g/mol. The van der Waals surface area contributed by atoms with Gasteiger partial charge in [-0.1, -0.05) is 6.42 Å². The summed E-state index contributed by atoms with van der Waals surface area (Å²) in [6.07, 6.45) is 4.73. The zero-order chi connectivity index (χ0) is 10.1. The predicted molar refractivity (Wildman–Crippen MR) is 50.0 cm³/mol. The van der Waals surface area contributed by atoms with Crippen LogP contribution in [0, 0.1) is 0 Å². The van der Waals surface area contributed by atoms with Crippen molar-refractivity contribution in [2.75, 3.05) is 5.73 Å². The van der Waals surface area contributed by atoms with Gasteiger partial charge in [0.25, 0.3) is 0 Å². The summed E-state index contributed by atoms with van der Waals surface area (Å²) in [7, 11) is 0. The largest absolute Gasteiger partial charge is 0.476 e. The van der Waals surface area contributed by atoms with Crippen molar-refractivity contribution in [3.8, 4) is 0 Å². The molecule has 0 atom stereocenters. The fourth-order valence-corrected chi connectivity index (χ4v) is 1.59. The molecule has 1 fully saturated rings. The smallest absolute Gasteiger partial charge is 0.354 e. The maximum Gasteiger partial charge on any atom is 0.354 e. The first kappa shape index (κ1) is 8.93. The minimum absolute atomic E-state index is 0.0190. The summed E-state index contributed by atoms with van der Waals surface area (Å²) in [5.41, 5.74) is 6.12. The molecule has 0 bridgehead atoms. The first-order chi connectivity index (χ1) is 6.68. The summed E-state index contributed by atoms with van der Waals surface area (Å²) in [5, 5.41) is 8.91. The number of rotatable bonds is 2. The molecule has 1 aliphatic carbocycles. The van der Waals surface area contributed by atoms with E-state index in [9.17, 15) is 4.79 Å². The lowest BCUT2D eigenvalue weighted by molar-refractivity contribution is 0.0687. The molecule has 1 aromatic rings. The fraction of sp³-hybridized carbons (Fsp3) is 0.444. The lowest BCUT2D eigenvalue weighted by Gasteiger charge is -2.26. The number of nitrogens with two attached hydrogens (primary N) is 1. The van der Waals surface area contributed by atoms with Crippen molar-refractivity contribution in [2.45, 2.75) is 25.2 Å². The van der Waals surface area contributed by atoms with E-state index in [4.69, 9.17) is 10.8 Å². The van der Waals surface area contributed by atoms with E-state index < -0.39 is 5.97 Å². The van der Waals surface area contributed by atoms with E-state index in [-0.39, 0.29) is 11.6 Å². The van der Waals surface area contributed by atoms with Crippen molar-refractivity contribution < 1.29 is 9.90 Å². The normalized spacial score (nSPS) is 16.3. The molecule has 1 saturated carbocycles. The highest BCUT2D eigenvalue weighted by atomic mass is 16.4. The second-order valence-corrected chi connectivity index (χ2v) is 3.47. The van der Waals surface area contributed by atoms with Crippen LogP contribution in [0.5, 0.6) is 0 Å². The van der Waals surface area contributed by atoms with Crippen LogP contribution in [0.4, 0.5) is 5.95 Å². The van der Waals surface area contributed by atoms with Gasteiger partial charge in [0.2, 0.25) is 5.95 Å². The molecule has 0 saturated heterocycles. The van der Waals surface area contributed by atoms with Gasteiger partial charge in [-0.25, -0.2) is 14.8 Å². The summed E-state index contributed by atoms with van der Waals surface area (Å²) in [6.45, 7) is 0. The van der Waals surface area contributed by atoms with Gasteiger partial charge in [-0.2, -0.15) is 0 Å². The van der Waals surface area contributed by atoms with Gasteiger partial charge in [-0.15, -0.1) is 0 Å². The number of carbonyl (C=O) groups is 1. The van der Waals surface area contributed by atoms with Crippen LogP contribution in [0.15, 0.2) is 6.20 Å². The Balaban J connectivity index is 2.41. The topological polar surface area (TPSA) is 89.1 Å². The van der Waals surface area contributed by atoms with Crippen LogP contribution >= 0.6 is 0 Å². The van der Waals surface area contributed by atoms with Gasteiger partial charge in [-0.3, -0.25) is 0 Å². The standard InChI is InChI=1S/C9H11N3O2/c10-9-11-4-6(5-2-1-3-5)7(12-9)8(13)14/h4-5H,1-3H2,(H,13,14)(H2,10,11,12). The Kier molecular flexibility index (Phi) is 2.07. The van der Waals surface area contributed by atoms with E-state index >= 15 is 0 Å². The number of aromatic carboxylic acids is 1. The van der Waals surface area contributed by atoms with Gasteiger partial charge in [-0.05, 0) is 18.8 Å². The summed E-state index contributed by atoms with van der Waals surface area (Å²) in [6, 6.07) is 0. The maximum atomic E-state index is 10.9. The van der Waals surface area contributed by atoms with E-state index in [0.717, 1.165) is 24.8 Å². The average molecular weight is 193 g/mol. The highest BCUT2D eigenvalue weighted by molar-refractivity contribution is 5.87. The SMILES string of the molecule is Nc1ncc(C2CCC2)c(C(=O)O)n1. The van der Waals surface area contributed by atoms with Crippen molar-refractivity contribution in [2.24, 2.45) is 0 Å². The van der Waals surface area contributed by atoms with Crippen LogP contribution in [-0.4, -0.2) is 21.0 Å². The van der Waals surface area contributed by atoms with E-state index in [0.29, 0.717) is 5.92 Å². The Morgan fingerprint density at radius 3 is 2.79 bits per heavy atom. The molecule has 2 rings (SSSR count). The second-order valence-electron chi connectivity index (χ2n) is 3.47. The lowest BCUT2D eigenvalue weighted by Crippen LogP contribution is -2.16. The minimum Gasteiger partial charge on any atom is -0.476 e. The van der Waals surface area contributed by atoms with Crippen molar-refractivity contribution in [3.05, 3.63) is 17.5 Å². The quantitative estimate of drug-likeness (QED) is 0.732. The third-order valence-corrected chi connectivity index (χ3v) is 2.58. The van der Waals surface area contributed by atoms with Crippen molar-refractivity contribution in [1.29, 1.82) is 0 Å². The van der Waals surface area contributed by atoms with Gasteiger partial charge in [0.1, 0.15) is 0 Å². The van der Waals surface area contributed by atoms with Crippen LogP contribution in [0.25, 0.3) is 0 Å². The molecule has 1 aromatic heterocycles. The first-order valence-corrected chi connectivity index (χ1v) is 4.54. The van der Waals surface area contributed by atoms with Gasteiger partial charge < -0.3 is 10.8 Å². The van der Waals surface area contributed by atoms with Crippen molar-refractivity contribution in [3.63, 3.8) is 0 Å². The third-order valence-electron chi connectivity index (χ3n) is 2.58. The van der Waals surface area contributed by atoms with E-state index in [1.165, 1.54) is 6.20 Å². The maximum absolute atomic E-state index is 10.9. The van der Waals surface area contributed by atoms with Gasteiger partial charge in [0.05, 0.1) is 0 Å². The predicted octanol–water partition coefficient (Wildman–Crippen LogP) is 1.02. The molecule has 5 heteroatoms. The molecule has 0 unspecified atom stereocenters. The molecule has 14 heavy (non-hydrogen) atoms. The van der Waals surface area contributed by atoms with Gasteiger partial charge in [0, 0.05) is 11.8 Å². The Morgan fingerprint density at radius 2 is 2.29 bits per heavy atom. The Hall–Kier alpha value is -1.65. The summed E-state index contributed by atoms with van der Waals surface area (Å²) in [4.78, 5) is 18.4. The number of nitrogen functional groups attached to an aromatic ring is 1. The van der Waals surface area contributed by atoms with E-state index in [1.54, 1.807) is 0 Å². The molecular formula is C9H11N3O2. The molecule has 1 aliphatic rings. The minimum atomic E-state index is -1.03. The Morgan fingerprint density at radius 1 is 1.57 bits per heavy atom. The second kappa shape index (κ2) is 3.25. The number of anilines is 1. The molecule has 5 nitrogen and oxygen atoms in total. The summed E-state index contributed by atoms with van der Waals surface area (Å²) >= 11 is 0. The number of hydrogen-bond acceptors (Lipinski definition) is 4. The lowest BCUT2D eigenvalue weighted by atomic mass is 9.80. The number of hydrogen-bond donors (Lipinski definition) is 2. The van der Waals surface area contributed by atoms with Crippen LogP contribution in [0.3, 0.4) is 0 Å². The van der Waals surface area contributed by atoms with Crippen molar-refractivity contribution >= 4 is 11.9 Å². The average Bonchev–Trinajstić information content (AvgIpc) is 2.04. The number of carboxylic acids is 1. The molecule has 1 heterocycles. The van der Waals surface area contributed by atoms with E-state index in [2.05, 4.69) is 9.97 Å². The van der Waals surface area contributed by atoms with Crippen LogP contribution in [-0.2, 0) is 0 Å².